The van der Waals surface area contributed by atoms with Crippen LogP contribution in [-0.2, 0) is 5.41 Å². The van der Waals surface area contributed by atoms with E-state index in [1.54, 1.807) is 0 Å². The van der Waals surface area contributed by atoms with E-state index < -0.39 is 0 Å². The molecule has 2 rings (SSSR count). The third-order valence-electron chi connectivity index (χ3n) is 3.20. The van der Waals surface area contributed by atoms with Gasteiger partial charge >= 0.3 is 0 Å². The van der Waals surface area contributed by atoms with Gasteiger partial charge in [0.15, 0.2) is 0 Å². The molecule has 0 fully saturated rings. The van der Waals surface area contributed by atoms with Crippen molar-refractivity contribution in [1.82, 2.24) is 0 Å². The van der Waals surface area contributed by atoms with Crippen LogP contribution < -0.4 is 0 Å². The minimum Gasteiger partial charge on any atom is -0.115 e. The molecule has 0 aromatic rings. The van der Waals surface area contributed by atoms with Gasteiger partial charge in [-0.05, 0) is 28.2 Å². The first-order valence-electron chi connectivity index (χ1n) is 5.98. The van der Waals surface area contributed by atoms with Crippen molar-refractivity contribution in [1.29, 1.82) is 0 Å². The van der Waals surface area contributed by atoms with Crippen LogP contribution in [0.25, 0.3) is 11.1 Å². The maximum atomic E-state index is 5.53. The predicted molar refractivity (Wildman–Crippen MR) is 77.6 cm³/mol. The van der Waals surface area contributed by atoms with Gasteiger partial charge in [-0.1, -0.05) is 56.9 Å². The molecule has 0 heterocycles. The molecule has 0 atom stereocenters. The number of hydrogen-bond acceptors (Lipinski definition) is 0. The molecule has 0 bridgehead atoms. The Bertz CT molecular complexity index is 591. The highest BCUT2D eigenvalue weighted by molar-refractivity contribution is 5.80. The topological polar surface area (TPSA) is 0 Å². The minimum atomic E-state index is 0.114. The number of rotatable bonds is 0. The summed E-state index contributed by atoms with van der Waals surface area (Å²) < 4.78 is 0. The molecule has 0 nitrogen and oxygen atoms in total. The Morgan fingerprint density at radius 2 is 1.28 bits per heavy atom. The maximum absolute atomic E-state index is 5.53. The summed E-state index contributed by atoms with van der Waals surface area (Å²) in [6, 6.07) is 10.3. The van der Waals surface area contributed by atoms with Crippen LogP contribution in [0.5, 0.6) is 0 Å². The van der Waals surface area contributed by atoms with Crippen LogP contribution >= 0.6 is 0 Å². The van der Waals surface area contributed by atoms with Crippen molar-refractivity contribution in [2.24, 2.45) is 0 Å². The van der Waals surface area contributed by atoms with Gasteiger partial charge in [0.05, 0.1) is 0 Å². The van der Waals surface area contributed by atoms with E-state index in [0.717, 1.165) is 22.3 Å². The largest absolute Gasteiger partial charge is 0.115 e. The molecule has 18 heavy (non-hydrogen) atoms. The van der Waals surface area contributed by atoms with Crippen LogP contribution in [0.3, 0.4) is 0 Å². The molecule has 0 unspecified atom stereocenters. The molecule has 0 spiro atoms. The third kappa shape index (κ3) is 1.99. The minimum absolute atomic E-state index is 0.114. The van der Waals surface area contributed by atoms with E-state index in [0.29, 0.717) is 0 Å². The summed E-state index contributed by atoms with van der Waals surface area (Å²) in [6.07, 6.45) is 11.1. The van der Waals surface area contributed by atoms with Crippen molar-refractivity contribution in [2.75, 3.05) is 0 Å². The van der Waals surface area contributed by atoms with Crippen LogP contribution in [0.2, 0.25) is 0 Å². The Labute approximate surface area is 109 Å². The van der Waals surface area contributed by atoms with Crippen LogP contribution in [0.15, 0.2) is 30.3 Å². The lowest BCUT2D eigenvalue weighted by molar-refractivity contribution is 0.591. The number of fused-ring (bicyclic) bond motifs is 1. The molecule has 0 aliphatic heterocycles. The lowest BCUT2D eigenvalue weighted by Crippen LogP contribution is -2.09. The summed E-state index contributed by atoms with van der Waals surface area (Å²) in [5.74, 6) is 5.40. The van der Waals surface area contributed by atoms with E-state index >= 15 is 0 Å². The van der Waals surface area contributed by atoms with Crippen LogP contribution in [0.4, 0.5) is 0 Å². The van der Waals surface area contributed by atoms with Gasteiger partial charge in [-0.25, -0.2) is 0 Å². The van der Waals surface area contributed by atoms with E-state index in [4.69, 9.17) is 12.8 Å². The van der Waals surface area contributed by atoms with E-state index in [2.05, 4.69) is 56.9 Å². The summed E-state index contributed by atoms with van der Waals surface area (Å²) in [7, 11) is 0. The highest BCUT2D eigenvalue weighted by Gasteiger charge is 2.16. The molecule has 0 heteroatoms. The molecule has 88 valence electrons. The van der Waals surface area contributed by atoms with Gasteiger partial charge < -0.3 is 0 Å². The summed E-state index contributed by atoms with van der Waals surface area (Å²) in [5.41, 5.74) is 5.23. The summed E-state index contributed by atoms with van der Waals surface area (Å²) >= 11 is 0. The van der Waals surface area contributed by atoms with Gasteiger partial charge in [0.25, 0.3) is 0 Å². The van der Waals surface area contributed by atoms with Crippen molar-refractivity contribution in [3.05, 3.63) is 47.0 Å². The zero-order chi connectivity index (χ0) is 13.3. The molecule has 0 N–H and O–H groups in total. The molecule has 0 amide bonds. The van der Waals surface area contributed by atoms with Gasteiger partial charge in [0, 0.05) is 11.1 Å². The summed E-state index contributed by atoms with van der Waals surface area (Å²) in [6.45, 7) is 6.57. The second-order valence-electron chi connectivity index (χ2n) is 5.46. The van der Waals surface area contributed by atoms with Crippen molar-refractivity contribution in [2.45, 2.75) is 26.2 Å². The van der Waals surface area contributed by atoms with E-state index in [-0.39, 0.29) is 5.41 Å². The van der Waals surface area contributed by atoms with E-state index in [1.807, 2.05) is 6.07 Å². The standard InChI is InChI=1S/C18H16/c1-6-13-12-14(7-2)17-11-9-15(18(3,4)5)8-10-16(13)17/h1-2,8-12H,3-5H3. The number of hydrogen-bond donors (Lipinski definition) is 0. The molecule has 0 aromatic carbocycles. The molecular weight excluding hydrogens is 216 g/mol. The zero-order valence-electron chi connectivity index (χ0n) is 11.0. The van der Waals surface area contributed by atoms with Crippen LogP contribution in [0, 0.1) is 24.7 Å². The normalized spacial score (nSPS) is 10.9. The summed E-state index contributed by atoms with van der Waals surface area (Å²) in [4.78, 5) is 0. The smallest absolute Gasteiger partial charge is 0.0334 e. The first kappa shape index (κ1) is 12.3. The van der Waals surface area contributed by atoms with Gasteiger partial charge in [0.1, 0.15) is 0 Å². The van der Waals surface area contributed by atoms with Gasteiger partial charge in [-0.3, -0.25) is 0 Å². The highest BCUT2D eigenvalue weighted by atomic mass is 14.2. The molecule has 0 aromatic heterocycles. The quantitative estimate of drug-likeness (QED) is 0.601. The lowest BCUT2D eigenvalue weighted by Gasteiger charge is -2.17. The fraction of sp³-hybridized carbons (Fsp3) is 0.222. The van der Waals surface area contributed by atoms with Crippen LogP contribution in [-0.4, -0.2) is 0 Å². The monoisotopic (exact) mass is 232 g/mol. The predicted octanol–water partition coefficient (Wildman–Crippen LogP) is 4.05. The average Bonchev–Trinajstić information content (AvgIpc) is 2.49. The van der Waals surface area contributed by atoms with E-state index in [1.165, 1.54) is 5.56 Å². The Kier molecular flexibility index (Phi) is 2.90. The Morgan fingerprint density at radius 3 is 1.61 bits per heavy atom. The fourth-order valence-corrected chi connectivity index (χ4v) is 2.09. The van der Waals surface area contributed by atoms with Crippen molar-refractivity contribution in [3.8, 4) is 35.8 Å². The molecule has 0 saturated carbocycles. The van der Waals surface area contributed by atoms with Gasteiger partial charge in [-0.2, -0.15) is 0 Å². The first-order valence-corrected chi connectivity index (χ1v) is 5.98. The molecular formula is C18H16. The van der Waals surface area contributed by atoms with Crippen molar-refractivity contribution < 1.29 is 0 Å². The lowest BCUT2D eigenvalue weighted by atomic mass is 9.88. The second kappa shape index (κ2) is 4.25. The maximum Gasteiger partial charge on any atom is 0.0334 e. The zero-order valence-corrected chi connectivity index (χ0v) is 11.0. The third-order valence-corrected chi connectivity index (χ3v) is 3.20. The second-order valence-corrected chi connectivity index (χ2v) is 5.46. The Balaban J connectivity index is 2.74. The Hall–Kier alpha value is -2.18. The van der Waals surface area contributed by atoms with Gasteiger partial charge in [-0.15, -0.1) is 12.8 Å². The van der Waals surface area contributed by atoms with Gasteiger partial charge in [0.2, 0.25) is 0 Å². The van der Waals surface area contributed by atoms with Crippen LogP contribution in [0.1, 0.15) is 37.5 Å². The van der Waals surface area contributed by atoms with Crippen molar-refractivity contribution in [3.63, 3.8) is 0 Å². The van der Waals surface area contributed by atoms with Crippen molar-refractivity contribution >= 4 is 0 Å². The SMILES string of the molecule is C#Cc1cc(C#C)c2ccc(C(C)(C)C)ccc1-2. The first-order chi connectivity index (χ1) is 8.47. The molecule has 0 saturated heterocycles. The summed E-state index contributed by atoms with van der Waals surface area (Å²) in [5, 5.41) is 0. The fourth-order valence-electron chi connectivity index (χ4n) is 2.09. The highest BCUT2D eigenvalue weighted by Crippen LogP contribution is 2.33. The molecule has 2 aliphatic rings. The average molecular weight is 232 g/mol. The molecule has 2 aliphatic carbocycles. The van der Waals surface area contributed by atoms with E-state index in [9.17, 15) is 0 Å². The number of terminal acetylenes is 2. The molecule has 0 radical (unpaired) electrons. The Morgan fingerprint density at radius 1 is 0.833 bits per heavy atom.